The fourth-order valence-corrected chi connectivity index (χ4v) is 6.72. The number of quaternary nitrogens is 1. The van der Waals surface area contributed by atoms with Crippen LogP contribution < -0.4 is 9.60 Å². The first kappa shape index (κ1) is 23.9. The molecule has 0 atom stereocenters. The summed E-state index contributed by atoms with van der Waals surface area (Å²) >= 11 is 3.44. The van der Waals surface area contributed by atoms with Gasteiger partial charge in [0.25, 0.3) is 0 Å². The van der Waals surface area contributed by atoms with E-state index in [1.165, 1.54) is 57.5 Å². The van der Waals surface area contributed by atoms with Gasteiger partial charge in [0, 0.05) is 13.1 Å². The number of hydrogen-bond acceptors (Lipinski definition) is 4. The SMILES string of the molecule is CCn1/c(=N\N=c2\sc3ccccc3n2CCCC[N+](CC)(CC)CC)sc2ccccc21. The van der Waals surface area contributed by atoms with Gasteiger partial charge in [0.1, 0.15) is 0 Å². The number of aromatic nitrogens is 2. The Morgan fingerprint density at radius 1 is 0.697 bits per heavy atom. The van der Waals surface area contributed by atoms with Crippen molar-refractivity contribution in [2.24, 2.45) is 10.2 Å². The smallest absolute Gasteiger partial charge is 0.211 e. The maximum atomic E-state index is 4.79. The topological polar surface area (TPSA) is 34.6 Å². The van der Waals surface area contributed by atoms with Gasteiger partial charge in [-0.3, -0.25) is 0 Å². The number of nitrogens with zero attached hydrogens (tertiary/aromatic N) is 5. The molecule has 0 fully saturated rings. The highest BCUT2D eigenvalue weighted by atomic mass is 32.1. The largest absolute Gasteiger partial charge is 0.324 e. The van der Waals surface area contributed by atoms with Crippen LogP contribution in [0.25, 0.3) is 20.4 Å². The van der Waals surface area contributed by atoms with Gasteiger partial charge in [-0.05, 0) is 64.8 Å². The van der Waals surface area contributed by atoms with E-state index in [1.807, 2.05) is 0 Å². The summed E-state index contributed by atoms with van der Waals surface area (Å²) in [6, 6.07) is 17.1. The minimum atomic E-state index is 0.886. The molecule has 2 aromatic heterocycles. The molecule has 0 unspecified atom stereocenters. The molecule has 0 saturated carbocycles. The lowest BCUT2D eigenvalue weighted by molar-refractivity contribution is -0.923. The molecule has 7 heteroatoms. The molecule has 33 heavy (non-hydrogen) atoms. The van der Waals surface area contributed by atoms with Gasteiger partial charge in [-0.1, -0.05) is 46.9 Å². The van der Waals surface area contributed by atoms with Crippen LogP contribution in [0.2, 0.25) is 0 Å². The van der Waals surface area contributed by atoms with Crippen molar-refractivity contribution < 1.29 is 4.48 Å². The fraction of sp³-hybridized carbons (Fsp3) is 0.462. The van der Waals surface area contributed by atoms with Crippen LogP contribution in [0.5, 0.6) is 0 Å². The normalized spacial score (nSPS) is 13.6. The monoisotopic (exact) mass is 482 g/mol. The molecule has 0 saturated heterocycles. The number of thiazole rings is 2. The second kappa shape index (κ2) is 10.8. The van der Waals surface area contributed by atoms with Crippen LogP contribution in [0.1, 0.15) is 40.5 Å². The Labute approximate surface area is 204 Å². The standard InChI is InChI=1S/C26H36N5S2/c1-5-29-21-15-9-11-17-23(21)32-25(29)27-28-26-30(22-16-10-12-18-24(22)33-26)19-13-14-20-31(6-2,7-3)8-4/h9-12,15-18H,5-8,13-14,19-20H2,1-4H3/q+1/b27-25+,28-26+. The van der Waals surface area contributed by atoms with Gasteiger partial charge >= 0.3 is 0 Å². The van der Waals surface area contributed by atoms with Gasteiger partial charge in [-0.15, -0.1) is 10.2 Å². The number of benzene rings is 2. The second-order valence-corrected chi connectivity index (χ2v) is 10.5. The average molecular weight is 483 g/mol. The Morgan fingerprint density at radius 3 is 1.76 bits per heavy atom. The quantitative estimate of drug-likeness (QED) is 0.155. The van der Waals surface area contributed by atoms with E-state index in [2.05, 4.69) is 85.4 Å². The lowest BCUT2D eigenvalue weighted by Gasteiger charge is -2.35. The summed E-state index contributed by atoms with van der Waals surface area (Å²) in [5.74, 6) is 0. The molecule has 0 radical (unpaired) electrons. The summed E-state index contributed by atoms with van der Waals surface area (Å²) in [5.41, 5.74) is 2.49. The molecular formula is C26H36N5S2+. The van der Waals surface area contributed by atoms with Crippen molar-refractivity contribution in [1.29, 1.82) is 0 Å². The van der Waals surface area contributed by atoms with Crippen LogP contribution >= 0.6 is 22.7 Å². The molecular weight excluding hydrogens is 446 g/mol. The van der Waals surface area contributed by atoms with Crippen LogP contribution in [0.15, 0.2) is 58.7 Å². The maximum absolute atomic E-state index is 4.79. The summed E-state index contributed by atoms with van der Waals surface area (Å²) in [7, 11) is 0. The van der Waals surface area contributed by atoms with Crippen molar-refractivity contribution in [3.8, 4) is 0 Å². The lowest BCUT2D eigenvalue weighted by Crippen LogP contribution is -2.48. The number of unbranched alkanes of at least 4 members (excludes halogenated alkanes) is 1. The molecule has 0 aliphatic heterocycles. The predicted octanol–water partition coefficient (Wildman–Crippen LogP) is 5.81. The third-order valence-electron chi connectivity index (χ3n) is 6.99. The minimum Gasteiger partial charge on any atom is -0.324 e. The van der Waals surface area contributed by atoms with Crippen LogP contribution in [0.3, 0.4) is 0 Å². The molecule has 2 heterocycles. The van der Waals surface area contributed by atoms with Gasteiger partial charge in [0.15, 0.2) is 0 Å². The average Bonchev–Trinajstić information content (AvgIpc) is 3.40. The first-order valence-electron chi connectivity index (χ1n) is 12.2. The molecule has 4 rings (SSSR count). The van der Waals surface area contributed by atoms with Crippen molar-refractivity contribution >= 4 is 43.1 Å². The highest BCUT2D eigenvalue weighted by Crippen LogP contribution is 2.19. The third kappa shape index (κ3) is 5.00. The summed E-state index contributed by atoms with van der Waals surface area (Å²) < 4.78 is 8.35. The molecule has 2 aromatic carbocycles. The van der Waals surface area contributed by atoms with Gasteiger partial charge in [0.05, 0.1) is 46.6 Å². The Kier molecular flexibility index (Phi) is 7.83. The Balaban J connectivity index is 1.66. The Bertz CT molecular complexity index is 1330. The number of hydrogen-bond donors (Lipinski definition) is 0. The molecule has 4 aromatic rings. The minimum absolute atomic E-state index is 0.886. The van der Waals surface area contributed by atoms with Crippen LogP contribution in [0, 0.1) is 0 Å². The fourth-order valence-electron chi connectivity index (χ4n) is 4.66. The van der Waals surface area contributed by atoms with Crippen molar-refractivity contribution in [2.45, 2.75) is 53.6 Å². The van der Waals surface area contributed by atoms with E-state index in [1.54, 1.807) is 22.7 Å². The predicted molar refractivity (Wildman–Crippen MR) is 142 cm³/mol. The van der Waals surface area contributed by atoms with Crippen molar-refractivity contribution in [2.75, 3.05) is 26.2 Å². The van der Waals surface area contributed by atoms with Gasteiger partial charge < -0.3 is 13.6 Å². The molecule has 0 N–H and O–H groups in total. The highest BCUT2D eigenvalue weighted by molar-refractivity contribution is 7.16. The number of para-hydroxylation sites is 2. The van der Waals surface area contributed by atoms with E-state index in [4.69, 9.17) is 10.2 Å². The van der Waals surface area contributed by atoms with Crippen LogP contribution in [-0.4, -0.2) is 39.8 Å². The van der Waals surface area contributed by atoms with Gasteiger partial charge in [-0.2, -0.15) is 0 Å². The van der Waals surface area contributed by atoms with Gasteiger partial charge in [-0.25, -0.2) is 0 Å². The molecule has 5 nitrogen and oxygen atoms in total. The van der Waals surface area contributed by atoms with Crippen LogP contribution in [0.4, 0.5) is 0 Å². The number of rotatable bonds is 10. The van der Waals surface area contributed by atoms with E-state index in [-0.39, 0.29) is 0 Å². The zero-order chi connectivity index (χ0) is 23.3. The lowest BCUT2D eigenvalue weighted by atomic mass is 10.2. The summed E-state index contributed by atoms with van der Waals surface area (Å²) in [5, 5.41) is 9.53. The number of fused-ring (bicyclic) bond motifs is 2. The second-order valence-electron chi connectivity index (χ2n) is 8.52. The number of aryl methyl sites for hydroxylation is 2. The summed E-state index contributed by atoms with van der Waals surface area (Å²) in [6.07, 6.45) is 2.39. The van der Waals surface area contributed by atoms with E-state index in [0.717, 1.165) is 29.1 Å². The van der Waals surface area contributed by atoms with Crippen molar-refractivity contribution in [3.05, 3.63) is 58.1 Å². The Hall–Kier alpha value is -2.22. The van der Waals surface area contributed by atoms with E-state index >= 15 is 0 Å². The molecule has 0 aliphatic rings. The summed E-state index contributed by atoms with van der Waals surface area (Å²) in [6.45, 7) is 15.9. The van der Waals surface area contributed by atoms with Crippen molar-refractivity contribution in [1.82, 2.24) is 9.13 Å². The molecule has 0 aliphatic carbocycles. The first-order chi connectivity index (χ1) is 16.1. The molecule has 176 valence electrons. The molecule has 0 spiro atoms. The van der Waals surface area contributed by atoms with Crippen molar-refractivity contribution in [3.63, 3.8) is 0 Å². The first-order valence-corrected chi connectivity index (χ1v) is 13.9. The Morgan fingerprint density at radius 2 is 1.21 bits per heavy atom. The zero-order valence-electron chi connectivity index (χ0n) is 20.3. The summed E-state index contributed by atoms with van der Waals surface area (Å²) in [4.78, 5) is 1.94. The molecule has 0 bridgehead atoms. The maximum Gasteiger partial charge on any atom is 0.211 e. The highest BCUT2D eigenvalue weighted by Gasteiger charge is 2.19. The third-order valence-corrected chi connectivity index (χ3v) is 9.09. The van der Waals surface area contributed by atoms with E-state index in [9.17, 15) is 0 Å². The molecule has 0 amide bonds. The van der Waals surface area contributed by atoms with E-state index < -0.39 is 0 Å². The van der Waals surface area contributed by atoms with Crippen LogP contribution in [-0.2, 0) is 13.1 Å². The van der Waals surface area contributed by atoms with E-state index in [0.29, 0.717) is 0 Å². The zero-order valence-corrected chi connectivity index (χ0v) is 22.0. The van der Waals surface area contributed by atoms with Gasteiger partial charge in [0.2, 0.25) is 9.60 Å².